The number of nitrogens with two attached hydrogens (primary N) is 1. The Morgan fingerprint density at radius 2 is 1.70 bits per heavy atom. The van der Waals surface area contributed by atoms with Crippen molar-refractivity contribution < 1.29 is 4.74 Å². The minimum atomic E-state index is 0.756. The average molecular weight is 262 g/mol. The fourth-order valence-electron chi connectivity index (χ4n) is 2.69. The van der Waals surface area contributed by atoms with Crippen molar-refractivity contribution in [1.29, 1.82) is 0 Å². The van der Waals surface area contributed by atoms with Crippen LogP contribution in [0.4, 0.5) is 5.69 Å². The molecular formula is C17H14N2O. The largest absolute Gasteiger partial charge is 0.454 e. The van der Waals surface area contributed by atoms with Crippen LogP contribution in [-0.4, -0.2) is 6.54 Å². The van der Waals surface area contributed by atoms with Gasteiger partial charge in [0.25, 0.3) is 0 Å². The highest BCUT2D eigenvalue weighted by Crippen LogP contribution is 2.44. The summed E-state index contributed by atoms with van der Waals surface area (Å²) in [7, 11) is 0. The van der Waals surface area contributed by atoms with Gasteiger partial charge >= 0.3 is 0 Å². The van der Waals surface area contributed by atoms with Gasteiger partial charge in [0, 0.05) is 17.8 Å². The summed E-state index contributed by atoms with van der Waals surface area (Å²) in [5, 5.41) is 0. The van der Waals surface area contributed by atoms with Gasteiger partial charge in [-0.25, -0.2) is 0 Å². The molecule has 0 bridgehead atoms. The van der Waals surface area contributed by atoms with E-state index in [1.54, 1.807) is 0 Å². The van der Waals surface area contributed by atoms with Crippen LogP contribution in [0.2, 0.25) is 0 Å². The average Bonchev–Trinajstić information content (AvgIpc) is 2.61. The van der Waals surface area contributed by atoms with Crippen LogP contribution in [0.1, 0.15) is 5.56 Å². The Morgan fingerprint density at radius 1 is 0.950 bits per heavy atom. The topological polar surface area (TPSA) is 38.5 Å². The molecule has 0 aromatic heterocycles. The molecule has 0 radical (unpaired) electrons. The SMILES string of the molecule is NC1=CCN2C(=C1)c1ccccc1Oc1ccccc12. The fourth-order valence-corrected chi connectivity index (χ4v) is 2.69. The molecule has 20 heavy (non-hydrogen) atoms. The van der Waals surface area contributed by atoms with Crippen LogP contribution in [0.3, 0.4) is 0 Å². The van der Waals surface area contributed by atoms with Crippen LogP contribution in [0, 0.1) is 0 Å². The Morgan fingerprint density at radius 3 is 2.60 bits per heavy atom. The lowest BCUT2D eigenvalue weighted by molar-refractivity contribution is 0.485. The highest BCUT2D eigenvalue weighted by atomic mass is 16.5. The number of nitrogens with zero attached hydrogens (tertiary/aromatic N) is 1. The van der Waals surface area contributed by atoms with Gasteiger partial charge in [0.05, 0.1) is 11.4 Å². The quantitative estimate of drug-likeness (QED) is 0.789. The van der Waals surface area contributed by atoms with Crippen molar-refractivity contribution in [1.82, 2.24) is 0 Å². The summed E-state index contributed by atoms with van der Waals surface area (Å²) in [5.41, 5.74) is 10.0. The van der Waals surface area contributed by atoms with Crippen LogP contribution in [-0.2, 0) is 0 Å². The van der Waals surface area contributed by atoms with Crippen molar-refractivity contribution in [2.75, 3.05) is 11.4 Å². The van der Waals surface area contributed by atoms with E-state index in [1.807, 2.05) is 48.6 Å². The van der Waals surface area contributed by atoms with Gasteiger partial charge in [-0.2, -0.15) is 0 Å². The molecule has 2 heterocycles. The van der Waals surface area contributed by atoms with E-state index in [-0.39, 0.29) is 0 Å². The zero-order valence-corrected chi connectivity index (χ0v) is 10.9. The zero-order chi connectivity index (χ0) is 13.5. The Hall–Kier alpha value is -2.68. The first-order valence-corrected chi connectivity index (χ1v) is 6.64. The minimum Gasteiger partial charge on any atom is -0.454 e. The molecule has 0 amide bonds. The van der Waals surface area contributed by atoms with Crippen molar-refractivity contribution >= 4 is 11.4 Å². The van der Waals surface area contributed by atoms with E-state index in [0.29, 0.717) is 0 Å². The standard InChI is InChI=1S/C17H14N2O/c18-12-9-10-19-14-6-2-4-8-17(14)20-16-7-3-1-5-13(16)15(19)11-12/h1-9,11H,10,18H2. The summed E-state index contributed by atoms with van der Waals surface area (Å²) in [4.78, 5) is 2.23. The molecular weight excluding hydrogens is 248 g/mol. The number of hydrogen-bond acceptors (Lipinski definition) is 3. The predicted octanol–water partition coefficient (Wildman–Crippen LogP) is 3.50. The van der Waals surface area contributed by atoms with Gasteiger partial charge in [-0.3, -0.25) is 0 Å². The Labute approximate surface area is 117 Å². The van der Waals surface area contributed by atoms with E-state index in [0.717, 1.165) is 40.7 Å². The summed E-state index contributed by atoms with van der Waals surface area (Å²) in [5.74, 6) is 1.74. The van der Waals surface area contributed by atoms with Crippen molar-refractivity contribution in [3.8, 4) is 11.5 Å². The van der Waals surface area contributed by atoms with Gasteiger partial charge in [0.1, 0.15) is 5.75 Å². The Kier molecular flexibility index (Phi) is 2.33. The van der Waals surface area contributed by atoms with Crippen LogP contribution < -0.4 is 15.4 Å². The maximum Gasteiger partial charge on any atom is 0.151 e. The van der Waals surface area contributed by atoms with E-state index < -0.39 is 0 Å². The second-order valence-corrected chi connectivity index (χ2v) is 4.91. The molecule has 0 fully saturated rings. The molecule has 2 aromatic rings. The lowest BCUT2D eigenvalue weighted by atomic mass is 10.1. The third kappa shape index (κ3) is 1.60. The van der Waals surface area contributed by atoms with Gasteiger partial charge in [-0.1, -0.05) is 24.3 Å². The smallest absolute Gasteiger partial charge is 0.151 e. The van der Waals surface area contributed by atoms with Crippen molar-refractivity contribution in [3.63, 3.8) is 0 Å². The molecule has 0 saturated carbocycles. The molecule has 3 heteroatoms. The van der Waals surface area contributed by atoms with Crippen molar-refractivity contribution in [2.45, 2.75) is 0 Å². The van der Waals surface area contributed by atoms with E-state index in [2.05, 4.69) is 17.0 Å². The van der Waals surface area contributed by atoms with Crippen LogP contribution >= 0.6 is 0 Å². The molecule has 0 spiro atoms. The van der Waals surface area contributed by atoms with Crippen LogP contribution in [0.25, 0.3) is 5.70 Å². The maximum atomic E-state index is 6.08. The molecule has 98 valence electrons. The number of anilines is 1. The summed E-state index contributed by atoms with van der Waals surface area (Å²) < 4.78 is 6.08. The molecule has 0 unspecified atom stereocenters. The molecule has 2 aliphatic heterocycles. The first-order chi connectivity index (χ1) is 9.83. The summed E-state index contributed by atoms with van der Waals surface area (Å²) >= 11 is 0. The highest BCUT2D eigenvalue weighted by molar-refractivity contribution is 5.88. The second-order valence-electron chi connectivity index (χ2n) is 4.91. The number of fused-ring (bicyclic) bond motifs is 5. The number of para-hydroxylation sites is 3. The van der Waals surface area contributed by atoms with E-state index in [1.165, 1.54) is 0 Å². The third-order valence-electron chi connectivity index (χ3n) is 3.64. The molecule has 2 aromatic carbocycles. The molecule has 2 aliphatic rings. The second kappa shape index (κ2) is 4.17. The molecule has 3 nitrogen and oxygen atoms in total. The number of allylic oxidation sites excluding steroid dienone is 1. The van der Waals surface area contributed by atoms with Gasteiger partial charge < -0.3 is 15.4 Å². The lowest BCUT2D eigenvalue weighted by Crippen LogP contribution is -2.25. The number of ether oxygens (including phenoxy) is 1. The van der Waals surface area contributed by atoms with Crippen LogP contribution in [0.15, 0.2) is 66.4 Å². The number of benzene rings is 2. The Balaban J connectivity index is 2.01. The van der Waals surface area contributed by atoms with Crippen molar-refractivity contribution in [3.05, 3.63) is 71.9 Å². The van der Waals surface area contributed by atoms with E-state index in [4.69, 9.17) is 10.5 Å². The van der Waals surface area contributed by atoms with E-state index in [9.17, 15) is 0 Å². The van der Waals surface area contributed by atoms with Gasteiger partial charge in [0.15, 0.2) is 5.75 Å². The Bertz CT molecular complexity index is 746. The summed E-state index contributed by atoms with van der Waals surface area (Å²) in [6.45, 7) is 0.756. The molecule has 4 rings (SSSR count). The van der Waals surface area contributed by atoms with E-state index >= 15 is 0 Å². The summed E-state index contributed by atoms with van der Waals surface area (Å²) in [6, 6.07) is 16.2. The molecule has 0 saturated heterocycles. The monoisotopic (exact) mass is 262 g/mol. The normalized spacial score (nSPS) is 15.9. The number of rotatable bonds is 0. The van der Waals surface area contributed by atoms with Gasteiger partial charge in [-0.15, -0.1) is 0 Å². The fraction of sp³-hybridized carbons (Fsp3) is 0.0588. The van der Waals surface area contributed by atoms with Gasteiger partial charge in [-0.05, 0) is 36.4 Å². The first kappa shape index (κ1) is 11.2. The maximum absolute atomic E-state index is 6.08. The third-order valence-corrected chi connectivity index (χ3v) is 3.64. The molecule has 2 N–H and O–H groups in total. The number of hydrogen-bond donors (Lipinski definition) is 1. The molecule has 0 aliphatic carbocycles. The minimum absolute atomic E-state index is 0.756. The molecule has 0 atom stereocenters. The summed E-state index contributed by atoms with van der Waals surface area (Å²) in [6.07, 6.45) is 4.03. The van der Waals surface area contributed by atoms with Gasteiger partial charge in [0.2, 0.25) is 0 Å². The first-order valence-electron chi connectivity index (χ1n) is 6.64. The van der Waals surface area contributed by atoms with Crippen molar-refractivity contribution in [2.24, 2.45) is 5.73 Å². The highest BCUT2D eigenvalue weighted by Gasteiger charge is 2.25. The zero-order valence-electron chi connectivity index (χ0n) is 10.9. The lowest BCUT2D eigenvalue weighted by Gasteiger charge is -2.28. The van der Waals surface area contributed by atoms with Crippen LogP contribution in [0.5, 0.6) is 11.5 Å². The predicted molar refractivity (Wildman–Crippen MR) is 80.6 cm³/mol.